The van der Waals surface area contributed by atoms with Gasteiger partial charge in [0.1, 0.15) is 0 Å². The topological polar surface area (TPSA) is 73.9 Å². The van der Waals surface area contributed by atoms with E-state index in [0.717, 1.165) is 46.7 Å². The summed E-state index contributed by atoms with van der Waals surface area (Å²) in [6.07, 6.45) is 1.83. The van der Waals surface area contributed by atoms with E-state index in [2.05, 4.69) is 45.3 Å². The van der Waals surface area contributed by atoms with Crippen LogP contribution in [-0.2, 0) is 6.54 Å². The predicted octanol–water partition coefficient (Wildman–Crippen LogP) is 4.78. The van der Waals surface area contributed by atoms with Crippen LogP contribution in [-0.4, -0.2) is 39.1 Å². The zero-order chi connectivity index (χ0) is 20.2. The molecule has 0 radical (unpaired) electrons. The van der Waals surface area contributed by atoms with Crippen molar-refractivity contribution in [3.05, 3.63) is 65.4 Å². The summed E-state index contributed by atoms with van der Waals surface area (Å²) in [5, 5.41) is 11.0. The van der Waals surface area contributed by atoms with Gasteiger partial charge in [-0.25, -0.2) is 0 Å². The molecular formula is C22H23N5OS. The maximum absolute atomic E-state index is 12.9. The van der Waals surface area contributed by atoms with E-state index in [1.54, 1.807) is 16.8 Å². The van der Waals surface area contributed by atoms with E-state index in [4.69, 9.17) is 0 Å². The molecule has 2 aromatic heterocycles. The highest BCUT2D eigenvalue weighted by molar-refractivity contribution is 7.13. The molecule has 0 fully saturated rings. The predicted molar refractivity (Wildman–Crippen MR) is 118 cm³/mol. The van der Waals surface area contributed by atoms with E-state index in [0.29, 0.717) is 5.69 Å². The van der Waals surface area contributed by atoms with Gasteiger partial charge >= 0.3 is 0 Å². The van der Waals surface area contributed by atoms with Gasteiger partial charge < -0.3 is 5.32 Å². The summed E-state index contributed by atoms with van der Waals surface area (Å²) in [6, 6.07) is 13.9. The Morgan fingerprint density at radius 1 is 1.17 bits per heavy atom. The number of rotatable bonds is 7. The fraction of sp³-hybridized carbons (Fsp3) is 0.227. The number of benzene rings is 2. The van der Waals surface area contributed by atoms with Gasteiger partial charge in [-0.05, 0) is 48.5 Å². The second-order valence-corrected chi connectivity index (χ2v) is 7.70. The largest absolute Gasteiger partial charge is 0.321 e. The monoisotopic (exact) mass is 405 g/mol. The summed E-state index contributed by atoms with van der Waals surface area (Å²) < 4.78 is 0. The molecule has 148 valence electrons. The first-order valence-corrected chi connectivity index (χ1v) is 10.6. The SMILES string of the molecule is CCN(CC)Cc1cccc(NC(=O)c2n[nH]c3ccc(-c4cncs4)cc23)c1. The van der Waals surface area contributed by atoms with Crippen molar-refractivity contribution in [1.82, 2.24) is 20.1 Å². The number of amides is 1. The first kappa shape index (κ1) is 19.3. The molecule has 4 rings (SSSR count). The van der Waals surface area contributed by atoms with Crippen molar-refractivity contribution in [3.63, 3.8) is 0 Å². The summed E-state index contributed by atoms with van der Waals surface area (Å²) in [5.41, 5.74) is 5.99. The molecule has 2 aromatic carbocycles. The van der Waals surface area contributed by atoms with Crippen LogP contribution in [0.4, 0.5) is 5.69 Å². The van der Waals surface area contributed by atoms with E-state index < -0.39 is 0 Å². The number of aromatic amines is 1. The van der Waals surface area contributed by atoms with Gasteiger partial charge in [0.05, 0.1) is 15.9 Å². The van der Waals surface area contributed by atoms with Crippen LogP contribution in [0.25, 0.3) is 21.3 Å². The molecule has 4 aromatic rings. The van der Waals surface area contributed by atoms with Gasteiger partial charge in [0, 0.05) is 23.8 Å². The lowest BCUT2D eigenvalue weighted by Gasteiger charge is -2.18. The average molecular weight is 406 g/mol. The van der Waals surface area contributed by atoms with Gasteiger partial charge in [0.25, 0.3) is 5.91 Å². The molecule has 0 aliphatic carbocycles. The second-order valence-electron chi connectivity index (χ2n) is 6.81. The highest BCUT2D eigenvalue weighted by atomic mass is 32.1. The fourth-order valence-corrected chi connectivity index (χ4v) is 3.96. The van der Waals surface area contributed by atoms with Crippen molar-refractivity contribution in [2.45, 2.75) is 20.4 Å². The van der Waals surface area contributed by atoms with Crippen LogP contribution in [0.2, 0.25) is 0 Å². The number of aromatic nitrogens is 3. The van der Waals surface area contributed by atoms with Gasteiger partial charge in [-0.15, -0.1) is 11.3 Å². The number of anilines is 1. The maximum Gasteiger partial charge on any atom is 0.276 e. The minimum absolute atomic E-state index is 0.224. The summed E-state index contributed by atoms with van der Waals surface area (Å²) in [6.45, 7) is 7.15. The van der Waals surface area contributed by atoms with Crippen LogP contribution in [0.5, 0.6) is 0 Å². The number of H-pyrrole nitrogens is 1. The molecule has 0 atom stereocenters. The van der Waals surface area contributed by atoms with Crippen LogP contribution in [0.15, 0.2) is 54.2 Å². The molecule has 2 heterocycles. The van der Waals surface area contributed by atoms with Gasteiger partial charge in [0.15, 0.2) is 5.69 Å². The van der Waals surface area contributed by atoms with Crippen molar-refractivity contribution >= 4 is 33.8 Å². The first-order chi connectivity index (χ1) is 14.2. The molecule has 2 N–H and O–H groups in total. The van der Waals surface area contributed by atoms with Crippen molar-refractivity contribution in [2.75, 3.05) is 18.4 Å². The Morgan fingerprint density at radius 3 is 2.79 bits per heavy atom. The Bertz CT molecular complexity index is 1120. The molecule has 0 aliphatic rings. The molecule has 0 saturated heterocycles. The van der Waals surface area contributed by atoms with Crippen LogP contribution in [0.3, 0.4) is 0 Å². The van der Waals surface area contributed by atoms with E-state index in [-0.39, 0.29) is 5.91 Å². The Labute approximate surface area is 173 Å². The summed E-state index contributed by atoms with van der Waals surface area (Å²) >= 11 is 1.57. The molecule has 0 unspecified atom stereocenters. The Hall–Kier alpha value is -3.03. The van der Waals surface area contributed by atoms with Crippen molar-refractivity contribution in [2.24, 2.45) is 0 Å². The van der Waals surface area contributed by atoms with E-state index in [1.165, 1.54) is 5.56 Å². The third kappa shape index (κ3) is 4.21. The van der Waals surface area contributed by atoms with Crippen molar-refractivity contribution < 1.29 is 4.79 Å². The fourth-order valence-electron chi connectivity index (χ4n) is 3.34. The number of fused-ring (bicyclic) bond motifs is 1. The highest BCUT2D eigenvalue weighted by Crippen LogP contribution is 2.28. The summed E-state index contributed by atoms with van der Waals surface area (Å²) in [4.78, 5) is 20.4. The van der Waals surface area contributed by atoms with Crippen LogP contribution in [0, 0.1) is 0 Å². The molecular weight excluding hydrogens is 382 g/mol. The number of hydrogen-bond donors (Lipinski definition) is 2. The molecule has 0 aliphatic heterocycles. The van der Waals surface area contributed by atoms with Gasteiger partial charge in [0.2, 0.25) is 0 Å². The second kappa shape index (κ2) is 8.55. The normalized spacial score (nSPS) is 11.3. The van der Waals surface area contributed by atoms with Crippen LogP contribution < -0.4 is 5.32 Å². The number of hydrogen-bond acceptors (Lipinski definition) is 5. The van der Waals surface area contributed by atoms with Crippen molar-refractivity contribution in [1.29, 1.82) is 0 Å². The zero-order valence-electron chi connectivity index (χ0n) is 16.5. The first-order valence-electron chi connectivity index (χ1n) is 9.67. The third-order valence-electron chi connectivity index (χ3n) is 4.98. The molecule has 0 spiro atoms. The third-order valence-corrected chi connectivity index (χ3v) is 5.80. The maximum atomic E-state index is 12.9. The minimum atomic E-state index is -0.224. The lowest BCUT2D eigenvalue weighted by molar-refractivity contribution is 0.102. The molecule has 1 amide bonds. The van der Waals surface area contributed by atoms with E-state index >= 15 is 0 Å². The number of nitrogens with one attached hydrogen (secondary N) is 2. The lowest BCUT2D eigenvalue weighted by Crippen LogP contribution is -2.22. The Kier molecular flexibility index (Phi) is 5.69. The lowest BCUT2D eigenvalue weighted by atomic mass is 10.1. The van der Waals surface area contributed by atoms with Gasteiger partial charge in [-0.2, -0.15) is 5.10 Å². The Balaban J connectivity index is 1.57. The van der Waals surface area contributed by atoms with Gasteiger partial charge in [-0.3, -0.25) is 19.8 Å². The Morgan fingerprint density at radius 2 is 2.03 bits per heavy atom. The summed E-state index contributed by atoms with van der Waals surface area (Å²) in [5.74, 6) is -0.224. The summed E-state index contributed by atoms with van der Waals surface area (Å²) in [7, 11) is 0. The molecule has 7 heteroatoms. The molecule has 6 nitrogen and oxygen atoms in total. The zero-order valence-corrected chi connectivity index (χ0v) is 17.3. The van der Waals surface area contributed by atoms with Crippen LogP contribution >= 0.6 is 11.3 Å². The molecule has 0 bridgehead atoms. The number of carbonyl (C=O) groups is 1. The quantitative estimate of drug-likeness (QED) is 0.464. The van der Waals surface area contributed by atoms with E-state index in [1.807, 2.05) is 42.6 Å². The van der Waals surface area contributed by atoms with Crippen molar-refractivity contribution in [3.8, 4) is 10.4 Å². The average Bonchev–Trinajstić information content (AvgIpc) is 3.41. The smallest absolute Gasteiger partial charge is 0.276 e. The van der Waals surface area contributed by atoms with Gasteiger partial charge in [-0.1, -0.05) is 32.0 Å². The van der Waals surface area contributed by atoms with Crippen LogP contribution in [0.1, 0.15) is 29.9 Å². The number of thiazole rings is 1. The molecule has 29 heavy (non-hydrogen) atoms. The number of carbonyl (C=O) groups excluding carboxylic acids is 1. The standard InChI is InChI=1S/C22H23N5OS/c1-3-27(4-2)13-15-6-5-7-17(10-15)24-22(28)21-18-11-16(20-12-23-14-29-20)8-9-19(18)25-26-21/h5-12,14H,3-4,13H2,1-2H3,(H,24,28)(H,25,26). The minimum Gasteiger partial charge on any atom is -0.321 e. The van der Waals surface area contributed by atoms with E-state index in [9.17, 15) is 4.79 Å². The molecule has 0 saturated carbocycles. The highest BCUT2D eigenvalue weighted by Gasteiger charge is 2.16. The number of nitrogens with zero attached hydrogens (tertiary/aromatic N) is 3.